The molecule has 6 heteroatoms. The number of fused-ring (bicyclic) bond motifs is 1. The summed E-state index contributed by atoms with van der Waals surface area (Å²) in [7, 11) is -3.54. The highest BCUT2D eigenvalue weighted by atomic mass is 32.2. The van der Waals surface area contributed by atoms with Crippen LogP contribution in [-0.2, 0) is 14.8 Å². The van der Waals surface area contributed by atoms with Gasteiger partial charge in [-0.3, -0.25) is 4.79 Å². The molecule has 158 valence electrons. The van der Waals surface area contributed by atoms with Gasteiger partial charge in [-0.25, -0.2) is 8.42 Å². The molecule has 1 aliphatic carbocycles. The number of ketones is 1. The molecule has 0 radical (unpaired) electrons. The molecule has 29 heavy (non-hydrogen) atoms. The molecule has 1 N–H and O–H groups in total. The van der Waals surface area contributed by atoms with E-state index in [1.54, 1.807) is 16.4 Å². The van der Waals surface area contributed by atoms with Gasteiger partial charge in [-0.1, -0.05) is 29.8 Å². The molecular weight excluding hydrogens is 384 g/mol. The maximum Gasteiger partial charge on any atom is 0.243 e. The first-order valence-corrected chi connectivity index (χ1v) is 12.3. The number of rotatable bonds is 4. The van der Waals surface area contributed by atoms with E-state index in [1.165, 1.54) is 6.42 Å². The van der Waals surface area contributed by atoms with E-state index in [2.05, 4.69) is 17.5 Å². The van der Waals surface area contributed by atoms with Gasteiger partial charge in [0.05, 0.1) is 4.90 Å². The summed E-state index contributed by atoms with van der Waals surface area (Å²) in [6, 6.07) is 7.30. The molecule has 1 aromatic carbocycles. The molecule has 0 amide bonds. The predicted octanol–water partition coefficient (Wildman–Crippen LogP) is 3.44. The van der Waals surface area contributed by atoms with E-state index < -0.39 is 10.0 Å². The lowest BCUT2D eigenvalue weighted by atomic mass is 9.70. The summed E-state index contributed by atoms with van der Waals surface area (Å²) in [5, 5.41) is 3.62. The lowest BCUT2D eigenvalue weighted by Crippen LogP contribution is -2.51. The van der Waals surface area contributed by atoms with Gasteiger partial charge in [0.25, 0.3) is 0 Å². The van der Waals surface area contributed by atoms with Crippen LogP contribution in [0.3, 0.4) is 0 Å². The number of nitrogens with zero attached hydrogens (tertiary/aromatic N) is 1. The number of aryl methyl sites for hydroxylation is 1. The highest BCUT2D eigenvalue weighted by molar-refractivity contribution is 7.89. The Kier molecular flexibility index (Phi) is 5.96. The Morgan fingerprint density at radius 1 is 1.21 bits per heavy atom. The number of carbonyl (C=O) groups excluding carboxylic acids is 1. The molecule has 2 heterocycles. The van der Waals surface area contributed by atoms with Gasteiger partial charge in [-0.2, -0.15) is 4.31 Å². The number of Topliss-reactive ketones (excluding diaryl/α,β-unsaturated/α-hetero) is 1. The molecule has 4 rings (SSSR count). The van der Waals surface area contributed by atoms with Crippen LogP contribution in [0.2, 0.25) is 0 Å². The normalized spacial score (nSPS) is 32.4. The molecule has 2 aliphatic heterocycles. The van der Waals surface area contributed by atoms with Crippen molar-refractivity contribution in [1.29, 1.82) is 0 Å². The van der Waals surface area contributed by atoms with Gasteiger partial charge < -0.3 is 5.32 Å². The Hall–Kier alpha value is -1.50. The van der Waals surface area contributed by atoms with E-state index in [0.717, 1.165) is 37.8 Å². The third-order valence-corrected chi connectivity index (χ3v) is 8.82. The van der Waals surface area contributed by atoms with Crippen LogP contribution >= 0.6 is 0 Å². The third kappa shape index (κ3) is 4.35. The summed E-state index contributed by atoms with van der Waals surface area (Å²) >= 11 is 0. The first-order valence-electron chi connectivity index (χ1n) is 10.9. The van der Waals surface area contributed by atoms with Gasteiger partial charge in [-0.05, 0) is 69.0 Å². The Bertz CT molecular complexity index is 878. The fourth-order valence-electron chi connectivity index (χ4n) is 5.37. The molecule has 1 saturated heterocycles. The maximum atomic E-state index is 13.3. The van der Waals surface area contributed by atoms with E-state index in [9.17, 15) is 13.2 Å². The average Bonchev–Trinajstić information content (AvgIpc) is 2.99. The highest BCUT2D eigenvalue weighted by Crippen LogP contribution is 2.50. The smallest absolute Gasteiger partial charge is 0.243 e. The summed E-state index contributed by atoms with van der Waals surface area (Å²) in [6.07, 6.45) is 10.6. The summed E-state index contributed by atoms with van der Waals surface area (Å²) in [6.45, 7) is 3.89. The molecule has 3 aliphatic rings. The minimum absolute atomic E-state index is 0.214. The van der Waals surface area contributed by atoms with Gasteiger partial charge in [0.15, 0.2) is 0 Å². The largest absolute Gasteiger partial charge is 0.310 e. The van der Waals surface area contributed by atoms with Gasteiger partial charge in [0.2, 0.25) is 10.0 Å². The number of carbonyl (C=O) groups is 1. The first kappa shape index (κ1) is 20.8. The molecule has 0 spiro atoms. The predicted molar refractivity (Wildman–Crippen MR) is 114 cm³/mol. The number of hydrogen-bond acceptors (Lipinski definition) is 4. The molecule has 5 nitrogen and oxygen atoms in total. The number of nitrogens with one attached hydrogen (secondary N) is 1. The molecule has 0 aromatic heterocycles. The molecule has 0 bridgehead atoms. The zero-order valence-electron chi connectivity index (χ0n) is 17.3. The van der Waals surface area contributed by atoms with Crippen molar-refractivity contribution in [3.8, 4) is 0 Å². The zero-order chi connectivity index (χ0) is 20.5. The lowest BCUT2D eigenvalue weighted by Gasteiger charge is -2.45. The van der Waals surface area contributed by atoms with Crippen LogP contribution in [0, 0.1) is 18.3 Å². The van der Waals surface area contributed by atoms with Gasteiger partial charge in [-0.15, -0.1) is 0 Å². The fraction of sp³-hybridized carbons (Fsp3) is 0.609. The topological polar surface area (TPSA) is 66.5 Å². The van der Waals surface area contributed by atoms with E-state index in [0.29, 0.717) is 42.5 Å². The number of sulfonamides is 1. The van der Waals surface area contributed by atoms with E-state index in [4.69, 9.17) is 0 Å². The van der Waals surface area contributed by atoms with Crippen LogP contribution in [-0.4, -0.2) is 44.2 Å². The lowest BCUT2D eigenvalue weighted by molar-refractivity contribution is -0.118. The third-order valence-electron chi connectivity index (χ3n) is 6.97. The number of hydrogen-bond donors (Lipinski definition) is 1. The minimum atomic E-state index is -3.54. The Morgan fingerprint density at radius 2 is 2.00 bits per heavy atom. The van der Waals surface area contributed by atoms with Crippen molar-refractivity contribution in [3.63, 3.8) is 0 Å². The van der Waals surface area contributed by atoms with Crippen molar-refractivity contribution >= 4 is 15.8 Å². The fourth-order valence-corrected chi connectivity index (χ4v) is 6.92. The molecule has 1 saturated carbocycles. The van der Waals surface area contributed by atoms with Crippen molar-refractivity contribution in [2.45, 2.75) is 62.8 Å². The Labute approximate surface area is 174 Å². The second kappa shape index (κ2) is 8.32. The summed E-state index contributed by atoms with van der Waals surface area (Å²) in [5.74, 6) is 0.583. The average molecular weight is 417 g/mol. The van der Waals surface area contributed by atoms with E-state index >= 15 is 0 Å². The summed E-state index contributed by atoms with van der Waals surface area (Å²) < 4.78 is 28.3. The van der Waals surface area contributed by atoms with Crippen LogP contribution in [0.25, 0.3) is 0 Å². The monoisotopic (exact) mass is 416 g/mol. The molecule has 1 aromatic rings. The molecule has 0 unspecified atom stereocenters. The van der Waals surface area contributed by atoms with Gasteiger partial charge in [0, 0.05) is 32.0 Å². The molecule has 3 atom stereocenters. The Morgan fingerprint density at radius 3 is 2.79 bits per heavy atom. The standard InChI is InChI=1S/C23H32N2O3S/c1-18-7-9-22(10-8-18)29(27,28)25-13-11-19-14-21(26)16-23(19,17-25)15-20-6-4-2-3-5-12-24-20/h4,6-10,19-20,24H,2-3,5,11-17H2,1H3/b6-4-/t19-,20-,23-/m0/s1. The van der Waals surface area contributed by atoms with Crippen molar-refractivity contribution in [2.75, 3.05) is 19.6 Å². The summed E-state index contributed by atoms with van der Waals surface area (Å²) in [5.41, 5.74) is 0.788. The highest BCUT2D eigenvalue weighted by Gasteiger charge is 2.52. The van der Waals surface area contributed by atoms with Crippen molar-refractivity contribution < 1.29 is 13.2 Å². The van der Waals surface area contributed by atoms with Crippen LogP contribution in [0.4, 0.5) is 0 Å². The van der Waals surface area contributed by atoms with Crippen molar-refractivity contribution in [1.82, 2.24) is 9.62 Å². The summed E-state index contributed by atoms with van der Waals surface area (Å²) in [4.78, 5) is 12.8. The van der Waals surface area contributed by atoms with Crippen LogP contribution in [0.5, 0.6) is 0 Å². The van der Waals surface area contributed by atoms with Gasteiger partial charge in [0.1, 0.15) is 5.78 Å². The zero-order valence-corrected chi connectivity index (χ0v) is 18.1. The Balaban J connectivity index is 1.59. The maximum absolute atomic E-state index is 13.3. The first-order chi connectivity index (χ1) is 13.9. The van der Waals surface area contributed by atoms with Gasteiger partial charge >= 0.3 is 0 Å². The van der Waals surface area contributed by atoms with Crippen molar-refractivity contribution in [2.24, 2.45) is 11.3 Å². The quantitative estimate of drug-likeness (QED) is 0.764. The van der Waals surface area contributed by atoms with E-state index in [1.807, 2.05) is 19.1 Å². The molecular formula is C23H32N2O3S. The van der Waals surface area contributed by atoms with E-state index in [-0.39, 0.29) is 11.5 Å². The SMILES string of the molecule is Cc1ccc(S(=O)(=O)N2CC[C@H]3CC(=O)C[C@@]3(C[C@@H]3/C=C\CCCCN3)C2)cc1. The van der Waals surface area contributed by atoms with Crippen LogP contribution in [0.1, 0.15) is 50.5 Å². The van der Waals surface area contributed by atoms with Crippen LogP contribution in [0.15, 0.2) is 41.3 Å². The van der Waals surface area contributed by atoms with Crippen LogP contribution < -0.4 is 5.32 Å². The number of piperidine rings is 1. The minimum Gasteiger partial charge on any atom is -0.310 e. The molecule has 2 fully saturated rings. The number of benzene rings is 1. The number of allylic oxidation sites excluding steroid dienone is 1. The second-order valence-electron chi connectivity index (χ2n) is 9.11. The van der Waals surface area contributed by atoms with Crippen molar-refractivity contribution in [3.05, 3.63) is 42.0 Å². The second-order valence-corrected chi connectivity index (χ2v) is 11.0.